The third-order valence-corrected chi connectivity index (χ3v) is 10.0. The van der Waals surface area contributed by atoms with Gasteiger partial charge in [-0.1, -0.05) is 56.6 Å². The molecule has 1 N–H and O–H groups in total. The maximum absolute atomic E-state index is 6.25. The van der Waals surface area contributed by atoms with Gasteiger partial charge in [-0.15, -0.1) is 0 Å². The highest BCUT2D eigenvalue weighted by atomic mass is 35.5. The molecule has 0 spiro atoms. The Kier molecular flexibility index (Phi) is 3.64. The number of aromatic nitrogens is 1. The van der Waals surface area contributed by atoms with Gasteiger partial charge in [0.05, 0.1) is 0 Å². The van der Waals surface area contributed by atoms with Crippen molar-refractivity contribution >= 4 is 35.9 Å². The van der Waals surface area contributed by atoms with Crippen molar-refractivity contribution in [2.45, 2.75) is 38.9 Å². The first-order chi connectivity index (χ1) is 8.16. The van der Waals surface area contributed by atoms with Crippen LogP contribution in [0.1, 0.15) is 20.8 Å². The highest BCUT2D eigenvalue weighted by molar-refractivity contribution is 6.91. The number of H-pyrrole nitrogens is 1. The molecule has 2 rings (SSSR count). The Morgan fingerprint density at radius 1 is 1.12 bits per heavy atom. The van der Waals surface area contributed by atoms with Gasteiger partial charge < -0.3 is 4.98 Å². The fourth-order valence-corrected chi connectivity index (χ4v) is 6.45. The van der Waals surface area contributed by atoms with E-state index in [2.05, 4.69) is 37.9 Å². The van der Waals surface area contributed by atoms with Crippen LogP contribution in [-0.2, 0) is 0 Å². The van der Waals surface area contributed by atoms with Gasteiger partial charge >= 0.3 is 0 Å². The van der Waals surface area contributed by atoms with Gasteiger partial charge in [0.15, 0.2) is 0 Å². The summed E-state index contributed by atoms with van der Waals surface area (Å²) in [5, 5.41) is 3.50. The molecular formula is C14H20ClNSi. The Bertz CT molecular complexity index is 506. The van der Waals surface area contributed by atoms with Gasteiger partial charge in [0.1, 0.15) is 8.07 Å². The second kappa shape index (κ2) is 4.87. The lowest BCUT2D eigenvalue weighted by atomic mass is 10.2. The Labute approximate surface area is 109 Å². The molecule has 1 aromatic carbocycles. The molecule has 0 fully saturated rings. The van der Waals surface area contributed by atoms with Crippen molar-refractivity contribution in [3.63, 3.8) is 0 Å². The van der Waals surface area contributed by atoms with E-state index in [1.54, 1.807) is 0 Å². The van der Waals surface area contributed by atoms with E-state index >= 15 is 0 Å². The molecule has 0 bridgehead atoms. The van der Waals surface area contributed by atoms with E-state index in [9.17, 15) is 0 Å². The minimum absolute atomic E-state index is 0.858. The van der Waals surface area contributed by atoms with E-state index < -0.39 is 8.07 Å². The largest absolute Gasteiger partial charge is 0.362 e. The van der Waals surface area contributed by atoms with Crippen LogP contribution < -0.4 is 5.32 Å². The molecule has 92 valence electrons. The van der Waals surface area contributed by atoms with Gasteiger partial charge in [0.2, 0.25) is 0 Å². The summed E-state index contributed by atoms with van der Waals surface area (Å²) in [6.45, 7) is 6.98. The standard InChI is InChI=1S/C14H20ClNSi/c1-4-17(5-2,6-3)14-10-11-12(15)8-7-9-13(11)16-14/h7-10,16H,4-6H2,1-3H3. The lowest BCUT2D eigenvalue weighted by molar-refractivity contribution is 1.18. The van der Waals surface area contributed by atoms with E-state index in [1.165, 1.54) is 34.4 Å². The van der Waals surface area contributed by atoms with Crippen LogP contribution >= 0.6 is 11.6 Å². The first-order valence-electron chi connectivity index (χ1n) is 6.44. The van der Waals surface area contributed by atoms with E-state index in [-0.39, 0.29) is 0 Å². The molecule has 0 unspecified atom stereocenters. The predicted octanol–water partition coefficient (Wildman–Crippen LogP) is 4.54. The molecule has 0 saturated carbocycles. The molecule has 2 aromatic rings. The summed E-state index contributed by atoms with van der Waals surface area (Å²) in [4.78, 5) is 3.61. The molecule has 17 heavy (non-hydrogen) atoms. The van der Waals surface area contributed by atoms with E-state index in [4.69, 9.17) is 11.6 Å². The number of benzene rings is 1. The van der Waals surface area contributed by atoms with Gasteiger partial charge in [-0.05, 0) is 23.5 Å². The zero-order valence-corrected chi connectivity index (χ0v) is 12.6. The third-order valence-electron chi connectivity index (χ3n) is 4.21. The highest BCUT2D eigenvalue weighted by Gasteiger charge is 2.30. The van der Waals surface area contributed by atoms with Crippen LogP contribution in [0.5, 0.6) is 0 Å². The molecule has 0 aliphatic carbocycles. The van der Waals surface area contributed by atoms with Gasteiger partial charge in [0.25, 0.3) is 0 Å². The summed E-state index contributed by atoms with van der Waals surface area (Å²) >= 11 is 6.25. The maximum Gasteiger partial charge on any atom is 0.106 e. The van der Waals surface area contributed by atoms with E-state index in [0.717, 1.165) is 5.02 Å². The van der Waals surface area contributed by atoms with Crippen molar-refractivity contribution in [1.29, 1.82) is 0 Å². The smallest absolute Gasteiger partial charge is 0.106 e. The molecule has 0 atom stereocenters. The van der Waals surface area contributed by atoms with Crippen molar-refractivity contribution in [3.05, 3.63) is 29.3 Å². The van der Waals surface area contributed by atoms with Crippen LogP contribution in [-0.4, -0.2) is 13.1 Å². The molecule has 0 aliphatic heterocycles. The molecule has 1 heterocycles. The van der Waals surface area contributed by atoms with Crippen LogP contribution in [0.3, 0.4) is 0 Å². The lowest BCUT2D eigenvalue weighted by Crippen LogP contribution is -2.46. The van der Waals surface area contributed by atoms with Gasteiger partial charge in [0, 0.05) is 15.9 Å². The highest BCUT2D eigenvalue weighted by Crippen LogP contribution is 2.26. The number of hydrogen-bond donors (Lipinski definition) is 1. The summed E-state index contributed by atoms with van der Waals surface area (Å²) in [5.41, 5.74) is 1.18. The van der Waals surface area contributed by atoms with E-state index in [1.807, 2.05) is 12.1 Å². The summed E-state index contributed by atoms with van der Waals surface area (Å²) in [7, 11) is -1.31. The molecular weight excluding hydrogens is 246 g/mol. The zero-order valence-electron chi connectivity index (χ0n) is 10.8. The predicted molar refractivity (Wildman–Crippen MR) is 80.1 cm³/mol. The average molecular weight is 266 g/mol. The van der Waals surface area contributed by atoms with Crippen molar-refractivity contribution in [2.24, 2.45) is 0 Å². The lowest BCUT2D eigenvalue weighted by Gasteiger charge is -2.26. The number of fused-ring (bicyclic) bond motifs is 1. The van der Waals surface area contributed by atoms with Crippen molar-refractivity contribution in [2.75, 3.05) is 0 Å². The number of hydrogen-bond acceptors (Lipinski definition) is 0. The molecule has 0 aliphatic rings. The second-order valence-electron chi connectivity index (χ2n) is 4.73. The summed E-state index contributed by atoms with van der Waals surface area (Å²) in [6.07, 6.45) is 0. The van der Waals surface area contributed by atoms with Crippen LogP contribution in [0.25, 0.3) is 10.9 Å². The van der Waals surface area contributed by atoms with Gasteiger partial charge in [-0.2, -0.15) is 0 Å². The molecule has 3 heteroatoms. The SMILES string of the molecule is CC[Si](CC)(CC)c1cc2c(Cl)cccc2[nH]1. The molecule has 0 radical (unpaired) electrons. The first kappa shape index (κ1) is 12.7. The fourth-order valence-electron chi connectivity index (χ4n) is 2.73. The van der Waals surface area contributed by atoms with Crippen LogP contribution in [0.2, 0.25) is 23.2 Å². The van der Waals surface area contributed by atoms with Crippen molar-refractivity contribution < 1.29 is 0 Å². The monoisotopic (exact) mass is 265 g/mol. The summed E-state index contributed by atoms with van der Waals surface area (Å²) < 4.78 is 0. The fraction of sp³-hybridized carbons (Fsp3) is 0.429. The number of halogens is 1. The molecule has 1 aromatic heterocycles. The Morgan fingerprint density at radius 3 is 2.29 bits per heavy atom. The first-order valence-corrected chi connectivity index (χ1v) is 9.44. The van der Waals surface area contributed by atoms with Crippen LogP contribution in [0.4, 0.5) is 0 Å². The third kappa shape index (κ3) is 2.04. The minimum atomic E-state index is -1.31. The topological polar surface area (TPSA) is 15.8 Å². The molecule has 0 amide bonds. The quantitative estimate of drug-likeness (QED) is 0.782. The normalized spacial score (nSPS) is 12.2. The van der Waals surface area contributed by atoms with Crippen molar-refractivity contribution in [1.82, 2.24) is 4.98 Å². The number of rotatable bonds is 4. The summed E-state index contributed by atoms with van der Waals surface area (Å²) in [6, 6.07) is 12.3. The summed E-state index contributed by atoms with van der Waals surface area (Å²) in [5.74, 6) is 0. The van der Waals surface area contributed by atoms with Crippen LogP contribution in [0.15, 0.2) is 24.3 Å². The Hall–Kier alpha value is -0.733. The zero-order chi connectivity index (χ0) is 12.5. The second-order valence-corrected chi connectivity index (χ2v) is 10.4. The Morgan fingerprint density at radius 2 is 1.76 bits per heavy atom. The van der Waals surface area contributed by atoms with Crippen molar-refractivity contribution in [3.8, 4) is 0 Å². The van der Waals surface area contributed by atoms with Gasteiger partial charge in [-0.3, -0.25) is 0 Å². The molecule has 1 nitrogen and oxygen atoms in total. The Balaban J connectivity index is 2.59. The molecule has 0 saturated heterocycles. The van der Waals surface area contributed by atoms with Crippen LogP contribution in [0, 0.1) is 0 Å². The minimum Gasteiger partial charge on any atom is -0.362 e. The maximum atomic E-state index is 6.25. The number of nitrogens with one attached hydrogen (secondary N) is 1. The average Bonchev–Trinajstić information content (AvgIpc) is 2.78. The van der Waals surface area contributed by atoms with E-state index in [0.29, 0.717) is 0 Å². The van der Waals surface area contributed by atoms with Gasteiger partial charge in [-0.25, -0.2) is 0 Å². The number of aromatic amines is 1.